The Bertz CT molecular complexity index is 408. The van der Waals surface area contributed by atoms with Crippen LogP contribution < -0.4 is 5.73 Å². The molecule has 1 rings (SSSR count). The van der Waals surface area contributed by atoms with Gasteiger partial charge >= 0.3 is 0 Å². The van der Waals surface area contributed by atoms with Crippen molar-refractivity contribution in [2.45, 2.75) is 32.6 Å². The molecule has 0 aromatic heterocycles. The molecule has 18 heavy (non-hydrogen) atoms. The van der Waals surface area contributed by atoms with Crippen LogP contribution in [0.15, 0.2) is 16.3 Å². The van der Waals surface area contributed by atoms with Gasteiger partial charge in [0.2, 0.25) is 0 Å². The van der Waals surface area contributed by atoms with Crippen LogP contribution >= 0.6 is 0 Å². The van der Waals surface area contributed by atoms with Crippen molar-refractivity contribution < 1.29 is 9.59 Å². The van der Waals surface area contributed by atoms with Crippen LogP contribution in [0.25, 0.3) is 0 Å². The highest BCUT2D eigenvalue weighted by Crippen LogP contribution is 2.21. The number of allylic oxidation sites excluding steroid dienone is 1. The summed E-state index contributed by atoms with van der Waals surface area (Å²) >= 11 is 0. The Kier molecular flexibility index (Phi) is 5.07. The molecule has 1 fully saturated rings. The summed E-state index contributed by atoms with van der Waals surface area (Å²) in [5.41, 5.74) is 7.47. The summed E-state index contributed by atoms with van der Waals surface area (Å²) < 4.78 is 0. The van der Waals surface area contributed by atoms with Crippen molar-refractivity contribution in [3.05, 3.63) is 11.3 Å². The average Bonchev–Trinajstić information content (AvgIpc) is 2.35. The van der Waals surface area contributed by atoms with E-state index < -0.39 is 0 Å². The lowest BCUT2D eigenvalue weighted by Gasteiger charge is -2.20. The molecule has 0 bridgehead atoms. The summed E-state index contributed by atoms with van der Waals surface area (Å²) in [5.74, 6) is -0.140. The summed E-state index contributed by atoms with van der Waals surface area (Å²) in [6.07, 6.45) is 2.26. The lowest BCUT2D eigenvalue weighted by Crippen LogP contribution is -2.32. The third-order valence-electron chi connectivity index (χ3n) is 2.85. The molecule has 0 radical (unpaired) electrons. The first-order chi connectivity index (χ1) is 8.47. The number of ketones is 1. The van der Waals surface area contributed by atoms with Crippen molar-refractivity contribution >= 4 is 17.4 Å². The van der Waals surface area contributed by atoms with Crippen LogP contribution in [-0.4, -0.2) is 42.9 Å². The summed E-state index contributed by atoms with van der Waals surface area (Å²) in [6.45, 7) is 2.74. The molecule has 0 heterocycles. The van der Waals surface area contributed by atoms with Crippen molar-refractivity contribution in [1.82, 2.24) is 4.90 Å². The number of aliphatic imine (C=N–C) groups is 1. The van der Waals surface area contributed by atoms with E-state index >= 15 is 0 Å². The van der Waals surface area contributed by atoms with Gasteiger partial charge in [0.1, 0.15) is 11.5 Å². The monoisotopic (exact) mass is 251 g/mol. The van der Waals surface area contributed by atoms with Gasteiger partial charge in [-0.25, -0.2) is 0 Å². The van der Waals surface area contributed by atoms with Gasteiger partial charge in [-0.3, -0.25) is 14.6 Å². The Balaban J connectivity index is 3.08. The van der Waals surface area contributed by atoms with Gasteiger partial charge in [-0.2, -0.15) is 0 Å². The highest BCUT2D eigenvalue weighted by atomic mass is 16.2. The van der Waals surface area contributed by atoms with E-state index in [2.05, 4.69) is 4.99 Å². The van der Waals surface area contributed by atoms with Crippen LogP contribution in [0.3, 0.4) is 0 Å². The molecule has 100 valence electrons. The van der Waals surface area contributed by atoms with Crippen LogP contribution in [-0.2, 0) is 9.59 Å². The van der Waals surface area contributed by atoms with Crippen LogP contribution in [0.4, 0.5) is 0 Å². The second-order valence-corrected chi connectivity index (χ2v) is 4.64. The van der Waals surface area contributed by atoms with Crippen molar-refractivity contribution in [3.63, 3.8) is 0 Å². The Labute approximate surface area is 108 Å². The zero-order chi connectivity index (χ0) is 13.7. The maximum Gasteiger partial charge on any atom is 0.269 e. The number of Topliss-reactive ketones (excluding diaryl/α,β-unsaturated/α-hetero) is 1. The number of hydrogen-bond donors (Lipinski definition) is 1. The summed E-state index contributed by atoms with van der Waals surface area (Å²) in [7, 11) is 3.28. The van der Waals surface area contributed by atoms with Crippen LogP contribution in [0.2, 0.25) is 0 Å². The summed E-state index contributed by atoms with van der Waals surface area (Å²) in [5, 5.41) is 0. The Morgan fingerprint density at radius 3 is 2.61 bits per heavy atom. The van der Waals surface area contributed by atoms with E-state index in [1.165, 1.54) is 4.90 Å². The molecule has 1 saturated carbocycles. The van der Waals surface area contributed by atoms with E-state index in [9.17, 15) is 9.59 Å². The van der Waals surface area contributed by atoms with Gasteiger partial charge < -0.3 is 10.6 Å². The third-order valence-corrected chi connectivity index (χ3v) is 2.85. The zero-order valence-electron chi connectivity index (χ0n) is 11.3. The van der Waals surface area contributed by atoms with Gasteiger partial charge in [0, 0.05) is 44.8 Å². The second kappa shape index (κ2) is 6.33. The Morgan fingerprint density at radius 1 is 1.39 bits per heavy atom. The Hall–Kier alpha value is -1.65. The molecule has 0 aromatic carbocycles. The number of nitrogens with zero attached hydrogens (tertiary/aromatic N) is 2. The summed E-state index contributed by atoms with van der Waals surface area (Å²) in [4.78, 5) is 29.2. The van der Waals surface area contributed by atoms with Gasteiger partial charge in [0.25, 0.3) is 5.91 Å². The quantitative estimate of drug-likeness (QED) is 0.757. The van der Waals surface area contributed by atoms with Gasteiger partial charge in [0.15, 0.2) is 0 Å². The Morgan fingerprint density at radius 2 is 2.06 bits per heavy atom. The number of amides is 1. The molecular formula is C13H21N3O2. The fraction of sp³-hybridized carbons (Fsp3) is 0.615. The molecule has 1 aliphatic rings. The molecule has 5 nitrogen and oxygen atoms in total. The fourth-order valence-corrected chi connectivity index (χ4v) is 1.84. The smallest absolute Gasteiger partial charge is 0.269 e. The molecule has 5 heteroatoms. The number of likely N-dealkylation sites (N-methyl/N-ethyl adjacent to an activating group) is 1. The lowest BCUT2D eigenvalue weighted by atomic mass is 9.90. The molecule has 0 aliphatic heterocycles. The van der Waals surface area contributed by atoms with E-state index in [0.29, 0.717) is 25.0 Å². The van der Waals surface area contributed by atoms with Crippen molar-refractivity contribution in [3.8, 4) is 0 Å². The van der Waals surface area contributed by atoms with Crippen LogP contribution in [0, 0.1) is 0 Å². The maximum atomic E-state index is 11.8. The van der Waals surface area contributed by atoms with Crippen molar-refractivity contribution in [1.29, 1.82) is 0 Å². The molecule has 0 atom stereocenters. The van der Waals surface area contributed by atoms with Gasteiger partial charge in [0.05, 0.1) is 0 Å². The second-order valence-electron chi connectivity index (χ2n) is 4.64. The molecule has 2 N–H and O–H groups in total. The van der Waals surface area contributed by atoms with Gasteiger partial charge in [-0.15, -0.1) is 0 Å². The molecule has 0 unspecified atom stereocenters. The number of nitrogens with two attached hydrogens (primary N) is 1. The highest BCUT2D eigenvalue weighted by Gasteiger charge is 2.24. The number of carbonyl (C=O) groups excluding carboxylic acids is 2. The minimum atomic E-state index is -0.260. The van der Waals surface area contributed by atoms with Crippen LogP contribution in [0.5, 0.6) is 0 Å². The standard InChI is InChI=1S/C13H21N3O2/c1-4-7-15-11-6-5-9(17)8-10(11)12(14)13(18)16(2)3/h4-8,14H2,1-3H3. The number of rotatable bonds is 3. The molecule has 0 aromatic rings. The fourth-order valence-electron chi connectivity index (χ4n) is 1.84. The van der Waals surface area contributed by atoms with E-state index in [-0.39, 0.29) is 23.8 Å². The van der Waals surface area contributed by atoms with Crippen molar-refractivity contribution in [2.24, 2.45) is 10.7 Å². The van der Waals surface area contributed by atoms with E-state index in [1.807, 2.05) is 6.92 Å². The minimum absolute atomic E-state index is 0.120. The van der Waals surface area contributed by atoms with E-state index in [1.54, 1.807) is 14.1 Å². The predicted octanol–water partition coefficient (Wildman–Crippen LogP) is 0.891. The third kappa shape index (κ3) is 3.42. The minimum Gasteiger partial charge on any atom is -0.394 e. The largest absolute Gasteiger partial charge is 0.394 e. The first-order valence-corrected chi connectivity index (χ1v) is 6.23. The number of carbonyl (C=O) groups is 2. The van der Waals surface area contributed by atoms with Gasteiger partial charge in [-0.05, 0) is 12.8 Å². The molecule has 0 saturated heterocycles. The molecule has 0 spiro atoms. The molecule has 1 amide bonds. The first kappa shape index (κ1) is 14.4. The van der Waals surface area contributed by atoms with E-state index in [4.69, 9.17) is 5.73 Å². The van der Waals surface area contributed by atoms with E-state index in [0.717, 1.165) is 12.1 Å². The summed E-state index contributed by atoms with van der Waals surface area (Å²) in [6, 6.07) is 0. The topological polar surface area (TPSA) is 75.8 Å². The molecule has 1 aliphatic carbocycles. The SMILES string of the molecule is CCCN=C1CCC(=O)CC1=C(N)C(=O)N(C)C. The zero-order valence-corrected chi connectivity index (χ0v) is 11.3. The highest BCUT2D eigenvalue weighted by molar-refractivity contribution is 6.13. The molecular weight excluding hydrogens is 230 g/mol. The average molecular weight is 251 g/mol. The lowest BCUT2D eigenvalue weighted by molar-refractivity contribution is -0.124. The predicted molar refractivity (Wildman–Crippen MR) is 71.4 cm³/mol. The van der Waals surface area contributed by atoms with Gasteiger partial charge in [-0.1, -0.05) is 6.92 Å². The maximum absolute atomic E-state index is 11.8. The normalized spacial score (nSPS) is 21.1. The first-order valence-electron chi connectivity index (χ1n) is 6.23. The number of hydrogen-bond acceptors (Lipinski definition) is 4. The van der Waals surface area contributed by atoms with Crippen LogP contribution in [0.1, 0.15) is 32.6 Å². The van der Waals surface area contributed by atoms with Crippen molar-refractivity contribution in [2.75, 3.05) is 20.6 Å².